The van der Waals surface area contributed by atoms with Gasteiger partial charge in [-0.2, -0.15) is 16.8 Å². The summed E-state index contributed by atoms with van der Waals surface area (Å²) in [5.74, 6) is 0. The van der Waals surface area contributed by atoms with Crippen molar-refractivity contribution in [1.82, 2.24) is 0 Å². The predicted molar refractivity (Wildman–Crippen MR) is 234 cm³/mol. The molecular weight excluding hydrogens is 761 g/mol. The zero-order valence-corrected chi connectivity index (χ0v) is 33.3. The molecule has 0 saturated heterocycles. The Balaban J connectivity index is 1.33. The first-order valence-corrected chi connectivity index (χ1v) is 21.5. The van der Waals surface area contributed by atoms with Crippen molar-refractivity contribution in [2.45, 2.75) is 23.6 Å². The Labute approximate surface area is 339 Å². The molecule has 0 amide bonds. The summed E-state index contributed by atoms with van der Waals surface area (Å²) in [5, 5.41) is 0. The van der Waals surface area contributed by atoms with Crippen LogP contribution in [0.5, 0.6) is 0 Å². The summed E-state index contributed by atoms with van der Waals surface area (Å²) in [6.45, 7) is 4.12. The van der Waals surface area contributed by atoms with Gasteiger partial charge in [-0.05, 0) is 122 Å². The molecule has 286 valence electrons. The second-order valence-corrected chi connectivity index (χ2v) is 17.2. The van der Waals surface area contributed by atoms with E-state index in [0.29, 0.717) is 0 Å². The highest BCUT2D eigenvalue weighted by Crippen LogP contribution is 2.46. The molecule has 8 rings (SSSR count). The zero-order valence-electron chi connectivity index (χ0n) is 31.7. The van der Waals surface area contributed by atoms with Gasteiger partial charge in [-0.1, -0.05) is 163 Å². The third-order valence-electron chi connectivity index (χ3n) is 10.4. The van der Waals surface area contributed by atoms with Crippen LogP contribution in [0.4, 0.5) is 0 Å². The molecule has 0 aromatic heterocycles. The Morgan fingerprint density at radius 1 is 0.310 bits per heavy atom. The lowest BCUT2D eigenvalue weighted by Crippen LogP contribution is -1.98. The van der Waals surface area contributed by atoms with E-state index >= 15 is 0 Å². The van der Waals surface area contributed by atoms with Crippen LogP contribution in [0.3, 0.4) is 0 Å². The highest BCUT2D eigenvalue weighted by atomic mass is 32.2. The second kappa shape index (κ2) is 15.5. The maximum Gasteiger partial charge on any atom is 0.294 e. The lowest BCUT2D eigenvalue weighted by molar-refractivity contribution is 0.481. The first-order valence-electron chi connectivity index (χ1n) is 18.6. The van der Waals surface area contributed by atoms with Gasteiger partial charge in [-0.15, -0.1) is 0 Å². The predicted octanol–water partition coefficient (Wildman–Crippen LogP) is 12.5. The highest BCUT2D eigenvalue weighted by molar-refractivity contribution is 7.86. The van der Waals surface area contributed by atoms with Crippen molar-refractivity contribution in [2.24, 2.45) is 0 Å². The molecule has 0 heterocycles. The van der Waals surface area contributed by atoms with Crippen LogP contribution in [0.25, 0.3) is 77.9 Å². The minimum absolute atomic E-state index is 0.168. The van der Waals surface area contributed by atoms with Gasteiger partial charge in [0.05, 0.1) is 9.79 Å². The van der Waals surface area contributed by atoms with Crippen molar-refractivity contribution in [3.8, 4) is 77.9 Å². The quantitative estimate of drug-likeness (QED) is 0.141. The fraction of sp³-hybridized carbons (Fsp3) is 0.0400. The van der Waals surface area contributed by atoms with Crippen LogP contribution in [-0.4, -0.2) is 25.9 Å². The fourth-order valence-corrected chi connectivity index (χ4v) is 8.37. The molecule has 0 spiro atoms. The van der Waals surface area contributed by atoms with Gasteiger partial charge >= 0.3 is 0 Å². The van der Waals surface area contributed by atoms with E-state index in [0.717, 1.165) is 89.0 Å². The van der Waals surface area contributed by atoms with Gasteiger partial charge in [0.15, 0.2) is 0 Å². The second-order valence-electron chi connectivity index (χ2n) is 14.3. The third-order valence-corrected chi connectivity index (χ3v) is 12.2. The van der Waals surface area contributed by atoms with Gasteiger partial charge in [0.1, 0.15) is 0 Å². The standard InChI is InChI=1S/C50H38O6S2/c1-33-8-12-36(13-9-33)45-29-24-42(35-20-25-43(26-21-35)57(51,52)53)32-48(45)39-16-18-41(19-17-39)50-47(38-22-27-44(28-23-38)58(54,55)56)31-30-46(37-14-10-34(2)11-15-37)49(50)40-6-4-3-5-7-40/h3-32H,1-2H3,(H,51,52,53)(H,54,55,56). The van der Waals surface area contributed by atoms with Crippen LogP contribution in [0, 0.1) is 13.8 Å². The lowest BCUT2D eigenvalue weighted by atomic mass is 9.82. The van der Waals surface area contributed by atoms with E-state index in [1.807, 2.05) is 24.3 Å². The number of hydrogen-bond acceptors (Lipinski definition) is 4. The topological polar surface area (TPSA) is 109 Å². The van der Waals surface area contributed by atoms with Gasteiger partial charge in [0, 0.05) is 0 Å². The molecule has 0 aliphatic rings. The van der Waals surface area contributed by atoms with E-state index < -0.39 is 20.2 Å². The number of aryl methyl sites for hydroxylation is 2. The Bertz CT molecular complexity index is 3000. The van der Waals surface area contributed by atoms with Crippen LogP contribution < -0.4 is 0 Å². The largest absolute Gasteiger partial charge is 0.294 e. The average Bonchev–Trinajstić information content (AvgIpc) is 3.23. The minimum Gasteiger partial charge on any atom is -0.282 e. The van der Waals surface area contributed by atoms with Gasteiger partial charge < -0.3 is 0 Å². The smallest absolute Gasteiger partial charge is 0.282 e. The summed E-state index contributed by atoms with van der Waals surface area (Å²) >= 11 is 0. The maximum atomic E-state index is 12.0. The van der Waals surface area contributed by atoms with Crippen molar-refractivity contribution in [2.75, 3.05) is 0 Å². The van der Waals surface area contributed by atoms with Crippen molar-refractivity contribution in [1.29, 1.82) is 0 Å². The third kappa shape index (κ3) is 7.92. The molecule has 8 heteroatoms. The average molecular weight is 799 g/mol. The fourth-order valence-electron chi connectivity index (χ4n) is 7.41. The van der Waals surface area contributed by atoms with Gasteiger partial charge in [-0.25, -0.2) is 0 Å². The molecule has 2 N–H and O–H groups in total. The van der Waals surface area contributed by atoms with E-state index in [4.69, 9.17) is 0 Å². The normalized spacial score (nSPS) is 11.7. The lowest BCUT2D eigenvalue weighted by Gasteiger charge is -2.21. The van der Waals surface area contributed by atoms with Gasteiger partial charge in [0.25, 0.3) is 20.2 Å². The van der Waals surface area contributed by atoms with Crippen molar-refractivity contribution in [3.05, 3.63) is 193 Å². The maximum absolute atomic E-state index is 12.0. The molecule has 0 fully saturated rings. The van der Waals surface area contributed by atoms with E-state index in [2.05, 4.69) is 123 Å². The van der Waals surface area contributed by atoms with Crippen molar-refractivity contribution in [3.63, 3.8) is 0 Å². The molecule has 0 bridgehead atoms. The van der Waals surface area contributed by atoms with Crippen molar-refractivity contribution < 1.29 is 25.9 Å². The van der Waals surface area contributed by atoms with E-state index in [9.17, 15) is 25.9 Å². The van der Waals surface area contributed by atoms with E-state index in [1.54, 1.807) is 24.3 Å². The van der Waals surface area contributed by atoms with Crippen LogP contribution in [-0.2, 0) is 20.2 Å². The van der Waals surface area contributed by atoms with Crippen LogP contribution >= 0.6 is 0 Å². The first-order chi connectivity index (χ1) is 27.8. The number of benzene rings is 8. The SMILES string of the molecule is Cc1ccc(-c2ccc(-c3ccc(S(=O)(=O)O)cc3)cc2-c2ccc(-c3c(-c4ccc(S(=O)(=O)O)cc4)ccc(-c4ccc(C)cc4)c3-c3ccccc3)cc2)cc1. The summed E-state index contributed by atoms with van der Waals surface area (Å²) in [4.78, 5) is -0.346. The Morgan fingerprint density at radius 2 is 0.638 bits per heavy atom. The number of rotatable bonds is 9. The Morgan fingerprint density at radius 3 is 1.10 bits per heavy atom. The van der Waals surface area contributed by atoms with Crippen LogP contribution in [0.15, 0.2) is 192 Å². The van der Waals surface area contributed by atoms with Gasteiger partial charge in [-0.3, -0.25) is 9.11 Å². The molecular formula is C50H38O6S2. The molecule has 0 aliphatic carbocycles. The molecule has 8 aromatic rings. The monoisotopic (exact) mass is 798 g/mol. The molecule has 8 aromatic carbocycles. The van der Waals surface area contributed by atoms with Crippen LogP contribution in [0.1, 0.15) is 11.1 Å². The molecule has 0 aliphatic heterocycles. The molecule has 58 heavy (non-hydrogen) atoms. The minimum atomic E-state index is -4.38. The van der Waals surface area contributed by atoms with Crippen molar-refractivity contribution >= 4 is 20.2 Å². The first kappa shape index (κ1) is 38.5. The Kier molecular flexibility index (Phi) is 10.3. The molecule has 0 atom stereocenters. The zero-order chi connectivity index (χ0) is 40.6. The molecule has 0 saturated carbocycles. The highest BCUT2D eigenvalue weighted by Gasteiger charge is 2.21. The summed E-state index contributed by atoms with van der Waals surface area (Å²) in [6.07, 6.45) is 0. The summed E-state index contributed by atoms with van der Waals surface area (Å²) in [7, 11) is -8.71. The molecule has 6 nitrogen and oxygen atoms in total. The number of hydrogen-bond donors (Lipinski definition) is 2. The summed E-state index contributed by atoms with van der Waals surface area (Å²) in [5.41, 5.74) is 15.7. The van der Waals surface area contributed by atoms with E-state index in [1.165, 1.54) is 24.3 Å². The summed E-state index contributed by atoms with van der Waals surface area (Å²) in [6, 6.07) is 58.3. The van der Waals surface area contributed by atoms with E-state index in [-0.39, 0.29) is 9.79 Å². The van der Waals surface area contributed by atoms with Crippen LogP contribution in [0.2, 0.25) is 0 Å². The van der Waals surface area contributed by atoms with Gasteiger partial charge in [0.2, 0.25) is 0 Å². The summed E-state index contributed by atoms with van der Waals surface area (Å²) < 4.78 is 66.8. The Hall–Kier alpha value is -6.42. The molecule has 0 unspecified atom stereocenters. The molecule has 0 radical (unpaired) electrons.